The van der Waals surface area contributed by atoms with E-state index in [2.05, 4.69) is 72.7 Å². The molecule has 3 aromatic rings. The molecule has 1 aliphatic rings. The molecule has 0 aliphatic carbocycles. The van der Waals surface area contributed by atoms with Gasteiger partial charge in [-0.25, -0.2) is 0 Å². The summed E-state index contributed by atoms with van der Waals surface area (Å²) in [5, 5.41) is 13.1. The topological polar surface area (TPSA) is 40.5 Å². The molecule has 2 heterocycles. The lowest BCUT2D eigenvalue weighted by atomic mass is 9.90. The van der Waals surface area contributed by atoms with E-state index in [1.54, 1.807) is 11.3 Å². The zero-order valence-corrected chi connectivity index (χ0v) is 17.3. The molecule has 28 heavy (non-hydrogen) atoms. The van der Waals surface area contributed by atoms with Crippen molar-refractivity contribution in [1.82, 2.24) is 4.90 Å². The van der Waals surface area contributed by atoms with Gasteiger partial charge >= 0.3 is 5.97 Å². The van der Waals surface area contributed by atoms with Crippen molar-refractivity contribution in [3.05, 3.63) is 70.6 Å². The Morgan fingerprint density at radius 1 is 1.11 bits per heavy atom. The van der Waals surface area contributed by atoms with Crippen LogP contribution in [0.4, 0.5) is 0 Å². The average molecular weight is 394 g/mol. The van der Waals surface area contributed by atoms with E-state index in [9.17, 15) is 9.90 Å². The van der Waals surface area contributed by atoms with Gasteiger partial charge in [0.25, 0.3) is 0 Å². The van der Waals surface area contributed by atoms with Gasteiger partial charge in [0.1, 0.15) is 0 Å². The van der Waals surface area contributed by atoms with Crippen LogP contribution in [0, 0.1) is 5.92 Å². The van der Waals surface area contributed by atoms with E-state index in [-0.39, 0.29) is 12.0 Å². The lowest BCUT2D eigenvalue weighted by molar-refractivity contribution is -0.143. The third-order valence-electron chi connectivity index (χ3n) is 5.89. The highest BCUT2D eigenvalue weighted by atomic mass is 32.1. The number of nitrogens with zero attached hydrogens (tertiary/aromatic N) is 1. The predicted molar refractivity (Wildman–Crippen MR) is 116 cm³/mol. The number of carboxylic acids is 1. The normalized spacial score (nSPS) is 19.2. The molecule has 146 valence electrons. The summed E-state index contributed by atoms with van der Waals surface area (Å²) < 4.78 is 1.29. The van der Waals surface area contributed by atoms with Crippen LogP contribution in [0.15, 0.2) is 53.9 Å². The number of hydrogen-bond acceptors (Lipinski definition) is 3. The molecule has 1 aromatic heterocycles. The maximum absolute atomic E-state index is 11.7. The second kappa shape index (κ2) is 8.06. The summed E-state index contributed by atoms with van der Waals surface area (Å²) in [5.74, 6) is -0.453. The standard InChI is InChI=1S/C24H27NO2S/c1-16(2)17-9-11-18(12-10-17)23(25-13-5-6-19(14-25)24(26)27)21-15-28-22-8-4-3-7-20(21)22/h3-4,7-12,15-16,19,23H,5-6,13-14H2,1-2H3,(H,26,27). The lowest BCUT2D eigenvalue weighted by Gasteiger charge is -2.37. The van der Waals surface area contributed by atoms with Crippen LogP contribution in [0.2, 0.25) is 0 Å². The SMILES string of the molecule is CC(C)c1ccc(C(c2csc3ccccc23)N2CCCC(C(=O)O)C2)cc1. The molecule has 0 radical (unpaired) electrons. The minimum absolute atomic E-state index is 0.0968. The van der Waals surface area contributed by atoms with Crippen molar-refractivity contribution in [2.45, 2.75) is 38.6 Å². The number of thiophene rings is 1. The molecule has 1 saturated heterocycles. The summed E-state index contributed by atoms with van der Waals surface area (Å²) in [7, 11) is 0. The molecule has 2 atom stereocenters. The van der Waals surface area contributed by atoms with Crippen LogP contribution in [-0.2, 0) is 4.79 Å². The largest absolute Gasteiger partial charge is 0.481 e. The Hall–Kier alpha value is -2.17. The van der Waals surface area contributed by atoms with Gasteiger partial charge in [-0.1, -0.05) is 56.3 Å². The summed E-state index contributed by atoms with van der Waals surface area (Å²) >= 11 is 1.77. The predicted octanol–water partition coefficient (Wildman–Crippen LogP) is 5.91. The maximum Gasteiger partial charge on any atom is 0.307 e. The minimum Gasteiger partial charge on any atom is -0.481 e. The number of likely N-dealkylation sites (tertiary alicyclic amines) is 1. The van der Waals surface area contributed by atoms with Crippen LogP contribution >= 0.6 is 11.3 Å². The number of hydrogen-bond donors (Lipinski definition) is 1. The Kier molecular flexibility index (Phi) is 5.51. The van der Waals surface area contributed by atoms with Crippen LogP contribution < -0.4 is 0 Å². The minimum atomic E-state index is -0.672. The lowest BCUT2D eigenvalue weighted by Crippen LogP contribution is -2.41. The van der Waals surface area contributed by atoms with Gasteiger partial charge in [0, 0.05) is 11.2 Å². The van der Waals surface area contributed by atoms with E-state index in [0.29, 0.717) is 12.5 Å². The fraction of sp³-hybridized carbons (Fsp3) is 0.375. The van der Waals surface area contributed by atoms with Crippen LogP contribution in [0.3, 0.4) is 0 Å². The highest BCUT2D eigenvalue weighted by Gasteiger charge is 2.32. The molecule has 4 rings (SSSR count). The van der Waals surface area contributed by atoms with Gasteiger partial charge in [0.15, 0.2) is 0 Å². The number of benzene rings is 2. The van der Waals surface area contributed by atoms with Gasteiger partial charge in [0.05, 0.1) is 12.0 Å². The van der Waals surface area contributed by atoms with Crippen molar-refractivity contribution in [1.29, 1.82) is 0 Å². The van der Waals surface area contributed by atoms with Gasteiger partial charge in [-0.05, 0) is 58.8 Å². The van der Waals surface area contributed by atoms with E-state index in [1.165, 1.54) is 26.8 Å². The van der Waals surface area contributed by atoms with Crippen molar-refractivity contribution in [3.8, 4) is 0 Å². The van der Waals surface area contributed by atoms with E-state index < -0.39 is 5.97 Å². The van der Waals surface area contributed by atoms with Gasteiger partial charge in [-0.2, -0.15) is 0 Å². The highest BCUT2D eigenvalue weighted by molar-refractivity contribution is 7.17. The van der Waals surface area contributed by atoms with E-state index in [0.717, 1.165) is 19.4 Å². The smallest absolute Gasteiger partial charge is 0.307 e. The summed E-state index contributed by atoms with van der Waals surface area (Å²) in [6.45, 7) is 5.96. The van der Waals surface area contributed by atoms with E-state index in [4.69, 9.17) is 0 Å². The highest BCUT2D eigenvalue weighted by Crippen LogP contribution is 2.39. The Bertz CT molecular complexity index is 960. The molecule has 1 N–H and O–H groups in total. The first kappa shape index (κ1) is 19.2. The first-order chi connectivity index (χ1) is 13.5. The second-order valence-corrected chi connectivity index (χ2v) is 8.99. The first-order valence-corrected chi connectivity index (χ1v) is 11.0. The zero-order chi connectivity index (χ0) is 19.7. The van der Waals surface area contributed by atoms with Crippen molar-refractivity contribution in [2.75, 3.05) is 13.1 Å². The second-order valence-electron chi connectivity index (χ2n) is 8.08. The van der Waals surface area contributed by atoms with Gasteiger partial charge in [-0.3, -0.25) is 9.69 Å². The number of carbonyl (C=O) groups is 1. The maximum atomic E-state index is 11.7. The Morgan fingerprint density at radius 3 is 2.54 bits per heavy atom. The van der Waals surface area contributed by atoms with Gasteiger partial charge in [-0.15, -0.1) is 11.3 Å². The molecule has 1 aliphatic heterocycles. The average Bonchev–Trinajstić information content (AvgIpc) is 3.13. The Labute approximate surface area is 170 Å². The van der Waals surface area contributed by atoms with Crippen molar-refractivity contribution in [2.24, 2.45) is 5.92 Å². The Balaban J connectivity index is 1.78. The number of aliphatic carboxylic acids is 1. The van der Waals surface area contributed by atoms with Crippen molar-refractivity contribution < 1.29 is 9.90 Å². The molecule has 0 bridgehead atoms. The summed E-state index contributed by atoms with van der Waals surface area (Å²) in [6, 6.07) is 17.5. The molecule has 4 heteroatoms. The molecular weight excluding hydrogens is 366 g/mol. The number of fused-ring (bicyclic) bond motifs is 1. The van der Waals surface area contributed by atoms with Crippen LogP contribution in [0.1, 0.15) is 55.3 Å². The summed E-state index contributed by atoms with van der Waals surface area (Å²) in [5.41, 5.74) is 3.88. The van der Waals surface area contributed by atoms with Gasteiger partial charge < -0.3 is 5.11 Å². The first-order valence-electron chi connectivity index (χ1n) is 10.1. The van der Waals surface area contributed by atoms with Crippen molar-refractivity contribution in [3.63, 3.8) is 0 Å². The van der Waals surface area contributed by atoms with E-state index >= 15 is 0 Å². The number of rotatable bonds is 5. The van der Waals surface area contributed by atoms with Crippen LogP contribution in [0.5, 0.6) is 0 Å². The van der Waals surface area contributed by atoms with Crippen molar-refractivity contribution >= 4 is 27.4 Å². The van der Waals surface area contributed by atoms with E-state index in [1.807, 2.05) is 0 Å². The molecule has 0 amide bonds. The molecule has 0 saturated carbocycles. The van der Waals surface area contributed by atoms with Crippen LogP contribution in [0.25, 0.3) is 10.1 Å². The quantitative estimate of drug-likeness (QED) is 0.586. The third kappa shape index (κ3) is 3.71. The Morgan fingerprint density at radius 2 is 1.82 bits per heavy atom. The third-order valence-corrected chi connectivity index (χ3v) is 6.87. The molecule has 1 fully saturated rings. The zero-order valence-electron chi connectivity index (χ0n) is 16.5. The summed E-state index contributed by atoms with van der Waals surface area (Å²) in [4.78, 5) is 14.0. The molecule has 2 aromatic carbocycles. The number of piperidine rings is 1. The summed E-state index contributed by atoms with van der Waals surface area (Å²) in [6.07, 6.45) is 1.70. The van der Waals surface area contributed by atoms with Crippen LogP contribution in [-0.4, -0.2) is 29.1 Å². The van der Waals surface area contributed by atoms with Gasteiger partial charge in [0.2, 0.25) is 0 Å². The molecule has 2 unspecified atom stereocenters. The molecular formula is C24H27NO2S. The number of carboxylic acid groups (broad SMARTS) is 1. The fourth-order valence-electron chi connectivity index (χ4n) is 4.30. The monoisotopic (exact) mass is 393 g/mol. The molecule has 3 nitrogen and oxygen atoms in total. The fourth-order valence-corrected chi connectivity index (χ4v) is 5.28. The molecule has 0 spiro atoms.